The Morgan fingerprint density at radius 2 is 1.42 bits per heavy atom. The van der Waals surface area contributed by atoms with Crippen molar-refractivity contribution in [3.8, 4) is 5.75 Å². The molecular formula is C40H62N10O11S. The number of ether oxygens (including phenoxy) is 4. The number of imidazole rings is 1. The second-order valence-corrected chi connectivity index (χ2v) is 15.9. The summed E-state index contributed by atoms with van der Waals surface area (Å²) in [5.41, 5.74) is 1.48. The largest absolute Gasteiger partial charge is 0.508 e. The lowest BCUT2D eigenvalue weighted by molar-refractivity contribution is -0.130. The zero-order valence-electron chi connectivity index (χ0n) is 35.2. The van der Waals surface area contributed by atoms with Crippen molar-refractivity contribution in [3.63, 3.8) is 0 Å². The van der Waals surface area contributed by atoms with Crippen LogP contribution in [0.15, 0.2) is 36.8 Å². The number of hydrogen-bond acceptors (Lipinski definition) is 14. The molecule has 22 heteroatoms. The van der Waals surface area contributed by atoms with Crippen molar-refractivity contribution in [3.05, 3.63) is 48.0 Å². The zero-order chi connectivity index (χ0) is 44.4. The van der Waals surface area contributed by atoms with E-state index in [2.05, 4.69) is 52.5 Å². The first-order valence-corrected chi connectivity index (χ1v) is 22.0. The molecule has 344 valence electrons. The van der Waals surface area contributed by atoms with E-state index in [1.165, 1.54) is 18.5 Å². The molecule has 1 aromatic heterocycles. The molecule has 5 atom stereocenters. The Balaban J connectivity index is 0.924. The fourth-order valence-corrected chi connectivity index (χ4v) is 8.11. The number of fused-ring (bicyclic) bond motifs is 1. The van der Waals surface area contributed by atoms with Gasteiger partial charge in [0.2, 0.25) is 29.5 Å². The summed E-state index contributed by atoms with van der Waals surface area (Å²) in [6.45, 7) is 1.99. The molecule has 21 nitrogen and oxygen atoms in total. The standard InChI is InChI=1S/C40H62N10O11S/c1-41-30(21-28-22-42-26-47-28)39(56)48-31(20-27-6-8-29(51)9-7-27)38(55)46-11-10-43-35(53)23-60-18-17-59-15-13-45-36(54)24-61-19-16-58-14-12-44-34(52)5-3-2-4-33-37-32(25-62-33)49-40(57)50-37/h6-9,22,26,30-33,37,41,51H,2-5,10-21,23-25H2,1H3,(H,42,47)(H,43,53)(H,44,52)(H,45,54)(H,46,55)(H,48,56)(H2,49,50,57)/t30-,31-,32-,33-,37-/m0/s1. The molecule has 1 aromatic carbocycles. The number of aromatic hydroxyl groups is 1. The van der Waals surface area contributed by atoms with Crippen LogP contribution in [0.1, 0.15) is 36.9 Å². The maximum absolute atomic E-state index is 13.2. The number of carbonyl (C=O) groups is 6. The number of phenols is 1. The number of carbonyl (C=O) groups excluding carboxylic acids is 6. The number of hydrogen-bond donors (Lipinski definition) is 10. The molecule has 3 heterocycles. The first kappa shape index (κ1) is 49.7. The van der Waals surface area contributed by atoms with Gasteiger partial charge in [0.25, 0.3) is 0 Å². The van der Waals surface area contributed by atoms with Crippen LogP contribution in [0, 0.1) is 0 Å². The van der Waals surface area contributed by atoms with E-state index in [1.807, 2.05) is 11.8 Å². The third-order valence-electron chi connectivity index (χ3n) is 9.83. The Kier molecular flexibility index (Phi) is 22.9. The van der Waals surface area contributed by atoms with E-state index >= 15 is 0 Å². The summed E-state index contributed by atoms with van der Waals surface area (Å²) in [6.07, 6.45) is 6.79. The number of phenolic OH excluding ortho intramolecular Hbond substituents is 1. The topological polar surface area (TPSA) is 284 Å². The van der Waals surface area contributed by atoms with Gasteiger partial charge in [-0.1, -0.05) is 18.6 Å². The highest BCUT2D eigenvalue weighted by atomic mass is 32.2. The van der Waals surface area contributed by atoms with Crippen LogP contribution in [0.5, 0.6) is 5.75 Å². The summed E-state index contributed by atoms with van der Waals surface area (Å²) in [5, 5.41) is 32.6. The van der Waals surface area contributed by atoms with Gasteiger partial charge in [0.1, 0.15) is 25.0 Å². The molecule has 10 N–H and O–H groups in total. The summed E-state index contributed by atoms with van der Waals surface area (Å²) in [5.74, 6) is -0.518. The zero-order valence-corrected chi connectivity index (χ0v) is 36.0. The van der Waals surface area contributed by atoms with Crippen LogP contribution in [0.25, 0.3) is 0 Å². The molecule has 62 heavy (non-hydrogen) atoms. The number of likely N-dealkylation sites (N-methyl/N-ethyl adjacent to an activating group) is 1. The molecule has 7 amide bonds. The summed E-state index contributed by atoms with van der Waals surface area (Å²) >= 11 is 1.87. The lowest BCUT2D eigenvalue weighted by atomic mass is 10.0. The summed E-state index contributed by atoms with van der Waals surface area (Å²) < 4.78 is 21.5. The lowest BCUT2D eigenvalue weighted by Crippen LogP contribution is -2.54. The Morgan fingerprint density at radius 3 is 2.08 bits per heavy atom. The molecule has 0 bridgehead atoms. The molecule has 0 spiro atoms. The first-order valence-electron chi connectivity index (χ1n) is 20.9. The predicted molar refractivity (Wildman–Crippen MR) is 228 cm³/mol. The Hall–Kier alpha value is -5.00. The molecule has 4 rings (SSSR count). The van der Waals surface area contributed by atoms with E-state index in [-0.39, 0.29) is 120 Å². The number of amides is 7. The van der Waals surface area contributed by atoms with E-state index in [4.69, 9.17) is 18.9 Å². The Bertz CT molecular complexity index is 1670. The molecule has 0 saturated carbocycles. The molecule has 2 aliphatic heterocycles. The number of benzene rings is 1. The van der Waals surface area contributed by atoms with Gasteiger partial charge in [0.15, 0.2) is 0 Å². The molecule has 0 aliphatic carbocycles. The molecular weight excluding hydrogens is 829 g/mol. The van der Waals surface area contributed by atoms with Crippen molar-refractivity contribution in [1.82, 2.24) is 52.5 Å². The number of H-pyrrole nitrogens is 1. The monoisotopic (exact) mass is 890 g/mol. The van der Waals surface area contributed by atoms with Crippen LogP contribution < -0.4 is 42.5 Å². The van der Waals surface area contributed by atoms with Crippen LogP contribution in [-0.4, -0.2) is 172 Å². The normalized spacial score (nSPS) is 17.6. The first-order chi connectivity index (χ1) is 30.1. The van der Waals surface area contributed by atoms with Crippen molar-refractivity contribution < 1.29 is 52.8 Å². The van der Waals surface area contributed by atoms with E-state index in [0.29, 0.717) is 31.2 Å². The minimum atomic E-state index is -0.921. The Morgan fingerprint density at radius 1 is 0.774 bits per heavy atom. The number of unbranched alkanes of at least 4 members (excludes halogenated alkanes) is 1. The van der Waals surface area contributed by atoms with Gasteiger partial charge >= 0.3 is 6.03 Å². The molecule has 2 saturated heterocycles. The average Bonchev–Trinajstić information content (AvgIpc) is 4.01. The third-order valence-corrected chi connectivity index (χ3v) is 11.3. The predicted octanol–water partition coefficient (Wildman–Crippen LogP) is -1.77. The van der Waals surface area contributed by atoms with E-state index < -0.39 is 18.0 Å². The maximum Gasteiger partial charge on any atom is 0.315 e. The fraction of sp³-hybridized carbons (Fsp3) is 0.625. The highest BCUT2D eigenvalue weighted by Gasteiger charge is 2.42. The van der Waals surface area contributed by atoms with Gasteiger partial charge in [0, 0.05) is 68.3 Å². The number of rotatable bonds is 32. The van der Waals surface area contributed by atoms with E-state index in [9.17, 15) is 33.9 Å². The minimum Gasteiger partial charge on any atom is -0.508 e. The van der Waals surface area contributed by atoms with Crippen molar-refractivity contribution in [2.75, 3.05) is 91.8 Å². The van der Waals surface area contributed by atoms with Crippen LogP contribution in [0.4, 0.5) is 4.79 Å². The van der Waals surface area contributed by atoms with Gasteiger partial charge in [0.05, 0.1) is 64.1 Å². The number of nitrogens with one attached hydrogen (secondary N) is 9. The second-order valence-electron chi connectivity index (χ2n) is 14.6. The number of aromatic amines is 1. The number of aromatic nitrogens is 2. The van der Waals surface area contributed by atoms with Crippen molar-refractivity contribution in [2.24, 2.45) is 0 Å². The van der Waals surface area contributed by atoms with Gasteiger partial charge in [-0.05, 0) is 37.6 Å². The van der Waals surface area contributed by atoms with Gasteiger partial charge in [-0.2, -0.15) is 11.8 Å². The minimum absolute atomic E-state index is 0.0213. The second kappa shape index (κ2) is 28.6. The van der Waals surface area contributed by atoms with Gasteiger partial charge in [-0.15, -0.1) is 0 Å². The van der Waals surface area contributed by atoms with Crippen molar-refractivity contribution >= 4 is 47.3 Å². The maximum atomic E-state index is 13.2. The SMILES string of the molecule is CN[C@@H](Cc1cnc[nH]1)C(=O)N[C@@H](Cc1ccc(O)cc1)C(=O)NCCNC(=O)COCCOCCNC(=O)COCCOCCNC(=O)CCCC[C@@H]1SC[C@@H]2NC(=O)N[C@@H]21. The van der Waals surface area contributed by atoms with Crippen LogP contribution in [0.2, 0.25) is 0 Å². The molecule has 2 aromatic rings. The van der Waals surface area contributed by atoms with Crippen LogP contribution in [-0.2, 0) is 55.8 Å². The van der Waals surface area contributed by atoms with Gasteiger partial charge in [-0.3, -0.25) is 24.0 Å². The molecule has 0 radical (unpaired) electrons. The fourth-order valence-electron chi connectivity index (χ4n) is 6.56. The Labute approximate surface area is 365 Å². The van der Waals surface area contributed by atoms with Crippen LogP contribution in [0.3, 0.4) is 0 Å². The molecule has 2 fully saturated rings. The van der Waals surface area contributed by atoms with Crippen molar-refractivity contribution in [1.29, 1.82) is 0 Å². The number of nitrogens with zero attached hydrogens (tertiary/aromatic N) is 1. The molecule has 0 unspecified atom stereocenters. The van der Waals surface area contributed by atoms with Gasteiger partial charge < -0.3 is 71.6 Å². The summed E-state index contributed by atoms with van der Waals surface area (Å²) in [7, 11) is 1.65. The van der Waals surface area contributed by atoms with Crippen molar-refractivity contribution in [2.45, 2.75) is 67.9 Å². The number of urea groups is 1. The average molecular weight is 891 g/mol. The lowest BCUT2D eigenvalue weighted by Gasteiger charge is -2.22. The van der Waals surface area contributed by atoms with Crippen LogP contribution >= 0.6 is 11.8 Å². The van der Waals surface area contributed by atoms with E-state index in [1.54, 1.807) is 25.4 Å². The highest BCUT2D eigenvalue weighted by Crippen LogP contribution is 2.33. The highest BCUT2D eigenvalue weighted by molar-refractivity contribution is 8.00. The molecule has 2 aliphatic rings. The number of thioether (sulfide) groups is 1. The van der Waals surface area contributed by atoms with Gasteiger partial charge in [-0.25, -0.2) is 9.78 Å². The smallest absolute Gasteiger partial charge is 0.315 e. The summed E-state index contributed by atoms with van der Waals surface area (Å²) in [6, 6.07) is 5.11. The van der Waals surface area contributed by atoms with E-state index in [0.717, 1.165) is 36.3 Å². The third kappa shape index (κ3) is 19.4. The quantitative estimate of drug-likeness (QED) is 0.0288. The summed E-state index contributed by atoms with van der Waals surface area (Å²) in [4.78, 5) is 81.0.